The molecule has 1 N–H and O–H groups in total. The van der Waals surface area contributed by atoms with Crippen LogP contribution in [0.3, 0.4) is 0 Å². The van der Waals surface area contributed by atoms with Crippen molar-refractivity contribution in [3.05, 3.63) is 57.6 Å². The summed E-state index contributed by atoms with van der Waals surface area (Å²) in [5, 5.41) is 3.70. The average Bonchev–Trinajstić information content (AvgIpc) is 2.64. The molecule has 0 radical (unpaired) electrons. The number of alkyl halides is 3. The number of ether oxygens (including phenoxy) is 2. The third kappa shape index (κ3) is 4.33. The minimum Gasteiger partial charge on any atom is -0.493 e. The van der Waals surface area contributed by atoms with Gasteiger partial charge in [0.15, 0.2) is 11.5 Å². The number of fused-ring (bicyclic) bond motifs is 1. The molecular weight excluding hydrogens is 379 g/mol. The first-order chi connectivity index (χ1) is 12.8. The summed E-state index contributed by atoms with van der Waals surface area (Å²) in [7, 11) is 3.15. The van der Waals surface area contributed by atoms with Crippen LogP contribution >= 0.6 is 11.6 Å². The number of nitrogens with one attached hydrogen (secondary N) is 1. The Morgan fingerprint density at radius 1 is 1.11 bits per heavy atom. The molecule has 0 saturated carbocycles. The Kier molecular flexibility index (Phi) is 5.86. The number of hydrogen-bond acceptors (Lipinski definition) is 3. The number of benzene rings is 2. The molecule has 0 bridgehead atoms. The van der Waals surface area contributed by atoms with Crippen LogP contribution in [0.5, 0.6) is 11.5 Å². The van der Waals surface area contributed by atoms with Crippen molar-refractivity contribution in [1.82, 2.24) is 5.32 Å². The summed E-state index contributed by atoms with van der Waals surface area (Å²) in [6.45, 7) is 0.759. The zero-order valence-corrected chi connectivity index (χ0v) is 15.9. The van der Waals surface area contributed by atoms with Gasteiger partial charge in [-0.25, -0.2) is 0 Å². The van der Waals surface area contributed by atoms with Gasteiger partial charge in [0.25, 0.3) is 0 Å². The highest BCUT2D eigenvalue weighted by atomic mass is 35.5. The van der Waals surface area contributed by atoms with E-state index in [4.69, 9.17) is 21.1 Å². The molecule has 7 heteroatoms. The number of hydrogen-bond donors (Lipinski definition) is 1. The van der Waals surface area contributed by atoms with Gasteiger partial charge in [-0.15, -0.1) is 0 Å². The third-order valence-corrected chi connectivity index (χ3v) is 5.12. The Labute approximate surface area is 161 Å². The lowest BCUT2D eigenvalue weighted by atomic mass is 9.89. The first-order valence-electron chi connectivity index (χ1n) is 8.67. The lowest BCUT2D eigenvalue weighted by molar-refractivity contribution is -0.138. The van der Waals surface area contributed by atoms with Crippen molar-refractivity contribution in [1.29, 1.82) is 0 Å². The molecule has 1 aliphatic heterocycles. The molecule has 2 aromatic rings. The first kappa shape index (κ1) is 19.8. The molecule has 1 aliphatic rings. The zero-order chi connectivity index (χ0) is 19.6. The molecule has 0 fully saturated rings. The molecule has 1 heterocycles. The molecule has 1 atom stereocenters. The monoisotopic (exact) mass is 399 g/mol. The van der Waals surface area contributed by atoms with E-state index in [1.54, 1.807) is 14.2 Å². The fraction of sp³-hybridized carbons (Fsp3) is 0.400. The second-order valence-electron chi connectivity index (χ2n) is 6.50. The van der Waals surface area contributed by atoms with E-state index in [2.05, 4.69) is 5.32 Å². The summed E-state index contributed by atoms with van der Waals surface area (Å²) in [6, 6.07) is 7.53. The van der Waals surface area contributed by atoms with Crippen molar-refractivity contribution in [2.24, 2.45) is 0 Å². The van der Waals surface area contributed by atoms with Gasteiger partial charge in [0.2, 0.25) is 0 Å². The summed E-state index contributed by atoms with van der Waals surface area (Å²) < 4.78 is 50.6. The van der Waals surface area contributed by atoms with Gasteiger partial charge in [0.1, 0.15) is 0 Å². The maximum atomic E-state index is 13.3. The van der Waals surface area contributed by atoms with Gasteiger partial charge in [0.05, 0.1) is 19.8 Å². The van der Waals surface area contributed by atoms with E-state index in [0.717, 1.165) is 30.2 Å². The van der Waals surface area contributed by atoms with Crippen LogP contribution in [0.2, 0.25) is 5.02 Å². The van der Waals surface area contributed by atoms with Gasteiger partial charge in [-0.1, -0.05) is 11.6 Å². The van der Waals surface area contributed by atoms with Crippen LogP contribution in [0.15, 0.2) is 30.3 Å². The molecule has 0 amide bonds. The van der Waals surface area contributed by atoms with E-state index in [9.17, 15) is 13.2 Å². The molecule has 27 heavy (non-hydrogen) atoms. The predicted octanol–water partition coefficient (Wildman–Crippen LogP) is 5.20. The summed E-state index contributed by atoms with van der Waals surface area (Å²) >= 11 is 5.93. The molecule has 146 valence electrons. The van der Waals surface area contributed by atoms with Crippen LogP contribution in [0, 0.1) is 0 Å². The van der Waals surface area contributed by atoms with Crippen molar-refractivity contribution < 1.29 is 22.6 Å². The Balaban J connectivity index is 1.86. The van der Waals surface area contributed by atoms with E-state index in [1.165, 1.54) is 12.1 Å². The number of halogens is 4. The smallest absolute Gasteiger partial charge is 0.416 e. The molecule has 0 spiro atoms. The van der Waals surface area contributed by atoms with Gasteiger partial charge >= 0.3 is 6.18 Å². The van der Waals surface area contributed by atoms with Crippen LogP contribution in [-0.4, -0.2) is 20.8 Å². The highest BCUT2D eigenvalue weighted by Gasteiger charge is 2.33. The van der Waals surface area contributed by atoms with Crippen molar-refractivity contribution in [3.8, 4) is 11.5 Å². The van der Waals surface area contributed by atoms with Gasteiger partial charge in [-0.05, 0) is 72.8 Å². The van der Waals surface area contributed by atoms with Gasteiger partial charge in [-0.2, -0.15) is 13.2 Å². The fourth-order valence-corrected chi connectivity index (χ4v) is 3.77. The van der Waals surface area contributed by atoms with Crippen LogP contribution in [0.4, 0.5) is 13.2 Å². The average molecular weight is 400 g/mol. The van der Waals surface area contributed by atoms with E-state index >= 15 is 0 Å². The number of methoxy groups -OCH3 is 2. The molecule has 0 saturated heterocycles. The molecular formula is C20H21ClF3NO2. The quantitative estimate of drug-likeness (QED) is 0.750. The lowest BCUT2D eigenvalue weighted by Crippen LogP contribution is -2.30. The normalized spacial score (nSPS) is 16.7. The van der Waals surface area contributed by atoms with Gasteiger partial charge in [-0.3, -0.25) is 0 Å². The molecule has 3 rings (SSSR count). The van der Waals surface area contributed by atoms with Crippen molar-refractivity contribution in [3.63, 3.8) is 0 Å². The summed E-state index contributed by atoms with van der Waals surface area (Å²) in [4.78, 5) is 0. The lowest BCUT2D eigenvalue weighted by Gasteiger charge is -2.28. The van der Waals surface area contributed by atoms with Crippen LogP contribution in [-0.2, 0) is 19.0 Å². The van der Waals surface area contributed by atoms with E-state index in [1.807, 2.05) is 12.1 Å². The van der Waals surface area contributed by atoms with Crippen molar-refractivity contribution in [2.45, 2.75) is 31.5 Å². The zero-order valence-electron chi connectivity index (χ0n) is 15.1. The van der Waals surface area contributed by atoms with Crippen molar-refractivity contribution in [2.75, 3.05) is 20.8 Å². The second kappa shape index (κ2) is 7.98. The predicted molar refractivity (Wildman–Crippen MR) is 98.8 cm³/mol. The van der Waals surface area contributed by atoms with Crippen LogP contribution < -0.4 is 14.8 Å². The van der Waals surface area contributed by atoms with Crippen molar-refractivity contribution >= 4 is 11.6 Å². The molecule has 2 aromatic carbocycles. The van der Waals surface area contributed by atoms with E-state index in [0.29, 0.717) is 22.9 Å². The Morgan fingerprint density at radius 3 is 2.48 bits per heavy atom. The summed E-state index contributed by atoms with van der Waals surface area (Å²) in [6.07, 6.45) is -2.78. The summed E-state index contributed by atoms with van der Waals surface area (Å²) in [5.74, 6) is 1.27. The van der Waals surface area contributed by atoms with E-state index < -0.39 is 11.7 Å². The fourth-order valence-electron chi connectivity index (χ4n) is 3.57. The maximum Gasteiger partial charge on any atom is 0.416 e. The van der Waals surface area contributed by atoms with Crippen LogP contribution in [0.25, 0.3) is 0 Å². The molecule has 1 unspecified atom stereocenters. The molecule has 0 aliphatic carbocycles. The highest BCUT2D eigenvalue weighted by molar-refractivity contribution is 6.30. The maximum absolute atomic E-state index is 13.3. The number of rotatable bonds is 5. The second-order valence-corrected chi connectivity index (χ2v) is 6.94. The summed E-state index contributed by atoms with van der Waals surface area (Å²) in [5.41, 5.74) is 1.74. The van der Waals surface area contributed by atoms with Gasteiger partial charge in [0, 0.05) is 11.1 Å². The van der Waals surface area contributed by atoms with Crippen LogP contribution in [0.1, 0.15) is 34.7 Å². The molecule has 0 aromatic heterocycles. The third-order valence-electron chi connectivity index (χ3n) is 4.88. The standard InChI is InChI=1S/C20H21ClF3NO2/c1-26-18-10-12-7-8-25-17(15(12)11-19(18)27-2)6-3-13-9-14(21)4-5-16(13)20(22,23)24/h4-5,9-11,17,25H,3,6-8H2,1-2H3. The minimum absolute atomic E-state index is 0.0615. The number of aryl methyl sites for hydroxylation is 1. The Hall–Kier alpha value is -1.92. The Morgan fingerprint density at radius 2 is 1.81 bits per heavy atom. The Bertz CT molecular complexity index is 824. The largest absolute Gasteiger partial charge is 0.493 e. The van der Waals surface area contributed by atoms with E-state index in [-0.39, 0.29) is 18.0 Å². The minimum atomic E-state index is -4.39. The van der Waals surface area contributed by atoms with Gasteiger partial charge < -0.3 is 14.8 Å². The molecule has 3 nitrogen and oxygen atoms in total. The topological polar surface area (TPSA) is 30.5 Å². The highest BCUT2D eigenvalue weighted by Crippen LogP contribution is 2.38. The first-order valence-corrected chi connectivity index (χ1v) is 9.05. The SMILES string of the molecule is COc1cc2c(cc1OC)C(CCc1cc(Cl)ccc1C(F)(F)F)NCC2.